The number of aliphatic hydroxyl groups is 1. The number of hydrogen-bond acceptors (Lipinski definition) is 14. The third kappa shape index (κ3) is 17.5. The minimum absolute atomic E-state index is 0.00318. The Bertz CT molecular complexity index is 2010. The van der Waals surface area contributed by atoms with Gasteiger partial charge in [-0.05, 0) is 126 Å². The van der Waals surface area contributed by atoms with Crippen LogP contribution in [0.25, 0.3) is 0 Å². The molecule has 0 aromatic heterocycles. The van der Waals surface area contributed by atoms with Gasteiger partial charge < -0.3 is 48.0 Å². The number of ether oxygens (including phenoxy) is 6. The van der Waals surface area contributed by atoms with Crippen LogP contribution in [0.4, 0.5) is 0 Å². The average Bonchev–Trinajstić information content (AvgIpc) is 3.35. The van der Waals surface area contributed by atoms with E-state index in [-0.39, 0.29) is 67.3 Å². The number of carboxylic acids is 1. The maximum atomic E-state index is 15.0. The summed E-state index contributed by atoms with van der Waals surface area (Å²) in [7, 11) is 2.06. The molecular weight excluding hydrogens is 979 g/mol. The maximum absolute atomic E-state index is 15.0. The fraction of sp³-hybridized carbons (Fsp3) is 0.793. The van der Waals surface area contributed by atoms with Crippen LogP contribution in [0.1, 0.15) is 165 Å². The molecule has 4 aliphatic rings. The summed E-state index contributed by atoms with van der Waals surface area (Å²) in [5.74, 6) is -8.68. The van der Waals surface area contributed by atoms with E-state index in [1.807, 2.05) is 26.8 Å². The Balaban J connectivity index is 1.80. The van der Waals surface area contributed by atoms with E-state index >= 15 is 4.79 Å². The molecule has 3 aliphatic heterocycles. The first-order chi connectivity index (χ1) is 35.2. The van der Waals surface area contributed by atoms with Crippen molar-refractivity contribution in [2.75, 3.05) is 27.9 Å². The van der Waals surface area contributed by atoms with Gasteiger partial charge in [-0.25, -0.2) is 4.79 Å². The lowest BCUT2D eigenvalue weighted by atomic mass is 9.81. The Hall–Kier alpha value is -3.58. The third-order valence-electron chi connectivity index (χ3n) is 16.9. The molecule has 16 nitrogen and oxygen atoms in total. The minimum Gasteiger partial charge on any atom is -0.481 e. The molecule has 3 heterocycles. The minimum atomic E-state index is -2.62. The molecule has 0 radical (unpaired) electrons. The number of piperidine rings is 1. The molecular formula is C58H95NO15Si. The van der Waals surface area contributed by atoms with Gasteiger partial charge in [-0.3, -0.25) is 24.0 Å². The molecule has 0 spiro atoms. The van der Waals surface area contributed by atoms with E-state index in [1.165, 1.54) is 12.0 Å². The zero-order chi connectivity index (χ0) is 56.0. The Morgan fingerprint density at radius 3 is 2.12 bits per heavy atom. The quantitative estimate of drug-likeness (QED) is 0.0457. The van der Waals surface area contributed by atoms with Crippen LogP contribution in [0.5, 0.6) is 0 Å². The number of fused-ring (bicyclic) bond motifs is 3. The lowest BCUT2D eigenvalue weighted by Crippen LogP contribution is -2.64. The predicted molar refractivity (Wildman–Crippen MR) is 288 cm³/mol. The van der Waals surface area contributed by atoms with Crippen molar-refractivity contribution < 1.29 is 71.8 Å². The first-order valence-corrected chi connectivity index (χ1v) is 30.7. The fourth-order valence-corrected chi connectivity index (χ4v) is 12.8. The number of ketones is 2. The zero-order valence-electron chi connectivity index (χ0n) is 47.8. The summed E-state index contributed by atoms with van der Waals surface area (Å²) in [6, 6.07) is -1.16. The normalized spacial score (nSPS) is 34.3. The number of Topliss-reactive ketones (excluding diaryl/α,β-unsaturated/α-hetero) is 2. The molecule has 1 aliphatic carbocycles. The Morgan fingerprint density at radius 2 is 1.51 bits per heavy atom. The third-order valence-corrected chi connectivity index (χ3v) is 21.4. The second-order valence-corrected chi connectivity index (χ2v) is 28.6. The smallest absolute Gasteiger partial charge is 0.329 e. The van der Waals surface area contributed by atoms with Gasteiger partial charge in [-0.1, -0.05) is 78.2 Å². The topological polar surface area (TPSA) is 211 Å². The molecule has 1 saturated carbocycles. The monoisotopic (exact) mass is 1070 g/mol. The zero-order valence-corrected chi connectivity index (χ0v) is 48.8. The highest BCUT2D eigenvalue weighted by Crippen LogP contribution is 2.42. The molecule has 0 aromatic rings. The predicted octanol–water partition coefficient (Wildman–Crippen LogP) is 9.64. The Labute approximate surface area is 449 Å². The SMILES string of the molecule is C=CCC1/C=C(/C)CC(C)CC(OC)C2OC(O)(C(=O)C(=O)N3CCCCC3C(=O)OC(/C(C)=C/C3CCC(OC(=O)CCCCCCC(=O)O)C(OC)C3)C(C)C(O[Si](C)(C)C(C)(C)C)CC1=O)C(C)CC2OC. The molecule has 1 amide bonds. The van der Waals surface area contributed by atoms with E-state index in [2.05, 4.69) is 53.4 Å². The number of carbonyl (C=O) groups excluding carboxylic acids is 5. The average molecular weight is 1070 g/mol. The van der Waals surface area contributed by atoms with Crippen LogP contribution in [0.3, 0.4) is 0 Å². The summed E-state index contributed by atoms with van der Waals surface area (Å²) in [6.45, 7) is 24.3. The summed E-state index contributed by atoms with van der Waals surface area (Å²) in [6.07, 6.45) is 8.83. The van der Waals surface area contributed by atoms with Gasteiger partial charge in [0, 0.05) is 64.9 Å². The molecule has 4 rings (SSSR count). The van der Waals surface area contributed by atoms with Crippen molar-refractivity contribution in [3.63, 3.8) is 0 Å². The summed E-state index contributed by atoms with van der Waals surface area (Å²) in [4.78, 5) is 84.2. The van der Waals surface area contributed by atoms with Crippen LogP contribution in [-0.4, -0.2) is 141 Å². The van der Waals surface area contributed by atoms with Gasteiger partial charge in [0.1, 0.15) is 30.1 Å². The number of carboxylic acid groups (broad SMARTS) is 1. The highest BCUT2D eigenvalue weighted by Gasteiger charge is 2.57. The van der Waals surface area contributed by atoms with Crippen LogP contribution in [0.2, 0.25) is 18.1 Å². The first-order valence-electron chi connectivity index (χ1n) is 27.8. The summed E-state index contributed by atoms with van der Waals surface area (Å²) < 4.78 is 44.1. The van der Waals surface area contributed by atoms with E-state index < -0.39 is 104 Å². The molecule has 2 bridgehead atoms. The molecule has 14 unspecified atom stereocenters. The van der Waals surface area contributed by atoms with E-state index in [9.17, 15) is 29.1 Å². The molecule has 75 heavy (non-hydrogen) atoms. The summed E-state index contributed by atoms with van der Waals surface area (Å²) in [5, 5.41) is 21.0. The number of rotatable bonds is 17. The maximum Gasteiger partial charge on any atom is 0.329 e. The lowest BCUT2D eigenvalue weighted by Gasteiger charge is -2.47. The second-order valence-electron chi connectivity index (χ2n) is 23.9. The molecule has 2 saturated heterocycles. The van der Waals surface area contributed by atoms with Gasteiger partial charge in [-0.2, -0.15) is 0 Å². The van der Waals surface area contributed by atoms with Gasteiger partial charge >= 0.3 is 17.9 Å². The van der Waals surface area contributed by atoms with Crippen molar-refractivity contribution in [3.05, 3.63) is 36.0 Å². The summed E-state index contributed by atoms with van der Waals surface area (Å²) in [5.41, 5.74) is 1.70. The van der Waals surface area contributed by atoms with Crippen LogP contribution in [0.15, 0.2) is 36.0 Å². The van der Waals surface area contributed by atoms with Gasteiger partial charge in [0.05, 0.1) is 24.4 Å². The molecule has 426 valence electrons. The van der Waals surface area contributed by atoms with E-state index in [0.29, 0.717) is 69.8 Å². The molecule has 0 aromatic carbocycles. The van der Waals surface area contributed by atoms with Crippen LogP contribution in [-0.2, 0) is 61.6 Å². The number of unbranched alkanes of at least 4 members (excludes halogenated alkanes) is 3. The number of amides is 1. The van der Waals surface area contributed by atoms with Crippen molar-refractivity contribution in [1.29, 1.82) is 0 Å². The number of nitrogens with zero attached hydrogens (tertiary/aromatic N) is 1. The molecule has 17 heteroatoms. The summed E-state index contributed by atoms with van der Waals surface area (Å²) >= 11 is 0. The van der Waals surface area contributed by atoms with E-state index in [4.69, 9.17) is 38.0 Å². The van der Waals surface area contributed by atoms with Crippen LogP contribution < -0.4 is 0 Å². The standard InChI is InChI=1S/C58H95NO15Si/c1-15-22-42-30-36(2)29-37(3)31-48(69-11)53-49(70-12)33-39(5)58(67,73-53)54(64)55(65)59-28-21-20-23-43(59)56(66)72-52(40(6)46(35-44(42)60)74-75(13,14)57(7,8)9)38(4)32-41-26-27-45(47(34-41)68-10)71-51(63)25-19-17-16-18-24-50(61)62/h15,30,32,37,39-43,45-49,52-53,67H,1,16-29,31,33-35H2,2-14H3,(H,61,62)/b36-30-,38-32+. The van der Waals surface area contributed by atoms with E-state index in [0.717, 1.165) is 18.4 Å². The van der Waals surface area contributed by atoms with Crippen LogP contribution in [0, 0.1) is 29.6 Å². The largest absolute Gasteiger partial charge is 0.481 e. The Kier molecular flexibility index (Phi) is 24.6. The van der Waals surface area contributed by atoms with Crippen LogP contribution >= 0.6 is 0 Å². The highest BCUT2D eigenvalue weighted by molar-refractivity contribution is 6.74. The van der Waals surface area contributed by atoms with Crippen molar-refractivity contribution in [2.45, 2.75) is 237 Å². The number of esters is 2. The number of cyclic esters (lactones) is 1. The van der Waals surface area contributed by atoms with Crippen molar-refractivity contribution in [3.8, 4) is 0 Å². The lowest BCUT2D eigenvalue weighted by molar-refractivity contribution is -0.302. The fourth-order valence-electron chi connectivity index (χ4n) is 11.4. The molecule has 2 N–H and O–H groups in total. The second kappa shape index (κ2) is 28.9. The van der Waals surface area contributed by atoms with Crippen molar-refractivity contribution in [1.82, 2.24) is 4.90 Å². The van der Waals surface area contributed by atoms with Crippen molar-refractivity contribution in [2.24, 2.45) is 29.6 Å². The number of carbonyl (C=O) groups is 6. The van der Waals surface area contributed by atoms with Crippen molar-refractivity contribution >= 4 is 43.7 Å². The number of methoxy groups -OCH3 is 3. The van der Waals surface area contributed by atoms with Gasteiger partial charge in [0.2, 0.25) is 5.79 Å². The number of aliphatic carboxylic acids is 1. The van der Waals surface area contributed by atoms with Gasteiger partial charge in [-0.15, -0.1) is 6.58 Å². The molecule has 3 fully saturated rings. The highest BCUT2D eigenvalue weighted by atomic mass is 28.4. The molecule has 14 atom stereocenters. The Morgan fingerprint density at radius 1 is 0.867 bits per heavy atom. The number of hydrogen-bond donors (Lipinski definition) is 2. The van der Waals surface area contributed by atoms with Gasteiger partial charge in [0.25, 0.3) is 11.7 Å². The first kappa shape index (κ1) is 63.9. The van der Waals surface area contributed by atoms with Gasteiger partial charge in [0.15, 0.2) is 8.32 Å². The number of allylic oxidation sites excluding steroid dienone is 4. The van der Waals surface area contributed by atoms with E-state index in [1.54, 1.807) is 27.2 Å².